The third-order valence-electron chi connectivity index (χ3n) is 4.32. The van der Waals surface area contributed by atoms with Gasteiger partial charge in [-0.1, -0.05) is 29.4 Å². The molecule has 1 amide bonds. The van der Waals surface area contributed by atoms with Gasteiger partial charge in [0.2, 0.25) is 0 Å². The summed E-state index contributed by atoms with van der Waals surface area (Å²) in [5.74, 6) is 0.402. The minimum absolute atomic E-state index is 0.146. The zero-order chi connectivity index (χ0) is 16.9. The Bertz CT molecular complexity index is 686. The second kappa shape index (κ2) is 7.59. The van der Waals surface area contributed by atoms with Crippen LogP contribution in [0.4, 0.5) is 0 Å². The van der Waals surface area contributed by atoms with Gasteiger partial charge in [-0.3, -0.25) is 9.69 Å². The zero-order valence-electron chi connectivity index (χ0n) is 14.2. The monoisotopic (exact) mass is 329 g/mol. The van der Waals surface area contributed by atoms with E-state index in [1.165, 1.54) is 5.56 Å². The molecule has 1 aliphatic rings. The van der Waals surface area contributed by atoms with Crippen LogP contribution in [-0.2, 0) is 17.8 Å². The Morgan fingerprint density at radius 2 is 1.92 bits per heavy atom. The van der Waals surface area contributed by atoms with Crippen LogP contribution in [0, 0.1) is 13.8 Å². The highest BCUT2D eigenvalue weighted by atomic mass is 16.5. The van der Waals surface area contributed by atoms with Crippen LogP contribution in [-0.4, -0.2) is 42.3 Å². The molecule has 0 unspecified atom stereocenters. The molecule has 0 atom stereocenters. The fourth-order valence-electron chi connectivity index (χ4n) is 2.96. The molecule has 0 saturated carbocycles. The van der Waals surface area contributed by atoms with Crippen molar-refractivity contribution in [2.75, 3.05) is 26.3 Å². The van der Waals surface area contributed by atoms with E-state index in [-0.39, 0.29) is 5.91 Å². The van der Waals surface area contributed by atoms with Gasteiger partial charge < -0.3 is 14.6 Å². The number of amides is 1. The van der Waals surface area contributed by atoms with E-state index < -0.39 is 0 Å². The molecule has 3 rings (SSSR count). The highest BCUT2D eigenvalue weighted by Crippen LogP contribution is 2.15. The smallest absolute Gasteiger partial charge is 0.257 e. The standard InChI is InChI=1S/C18H23N3O3/c1-13-17(14(2)24-20-13)18(22)19-11-15-5-3-4-6-16(15)12-21-7-9-23-10-8-21/h3-6H,7-12H2,1-2H3,(H,19,22). The van der Waals surface area contributed by atoms with Gasteiger partial charge in [0.15, 0.2) is 0 Å². The fourth-order valence-corrected chi connectivity index (χ4v) is 2.96. The number of rotatable bonds is 5. The van der Waals surface area contributed by atoms with Crippen LogP contribution in [0.1, 0.15) is 32.9 Å². The SMILES string of the molecule is Cc1noc(C)c1C(=O)NCc1ccccc1CN1CCOCC1. The topological polar surface area (TPSA) is 67.6 Å². The minimum Gasteiger partial charge on any atom is -0.379 e. The number of ether oxygens (including phenoxy) is 1. The predicted molar refractivity (Wildman–Crippen MR) is 89.7 cm³/mol. The normalized spacial score (nSPS) is 15.4. The molecule has 0 bridgehead atoms. The molecular weight excluding hydrogens is 306 g/mol. The van der Waals surface area contributed by atoms with Crippen LogP contribution >= 0.6 is 0 Å². The van der Waals surface area contributed by atoms with Crippen LogP contribution in [0.3, 0.4) is 0 Å². The van der Waals surface area contributed by atoms with Gasteiger partial charge in [0.1, 0.15) is 11.3 Å². The molecule has 2 aromatic rings. The Hall–Kier alpha value is -2.18. The molecule has 6 nitrogen and oxygen atoms in total. The number of nitrogens with one attached hydrogen (secondary N) is 1. The molecule has 1 fully saturated rings. The number of hydrogen-bond acceptors (Lipinski definition) is 5. The van der Waals surface area contributed by atoms with Crippen molar-refractivity contribution in [3.05, 3.63) is 52.4 Å². The van der Waals surface area contributed by atoms with Crippen molar-refractivity contribution in [3.63, 3.8) is 0 Å². The summed E-state index contributed by atoms with van der Waals surface area (Å²) in [4.78, 5) is 14.8. The van der Waals surface area contributed by atoms with E-state index >= 15 is 0 Å². The van der Waals surface area contributed by atoms with Crippen molar-refractivity contribution in [2.24, 2.45) is 0 Å². The summed E-state index contributed by atoms with van der Waals surface area (Å²) < 4.78 is 10.5. The van der Waals surface area contributed by atoms with Crippen molar-refractivity contribution in [2.45, 2.75) is 26.9 Å². The summed E-state index contributed by atoms with van der Waals surface area (Å²) in [6.07, 6.45) is 0. The summed E-state index contributed by atoms with van der Waals surface area (Å²) in [5, 5.41) is 6.81. The third-order valence-corrected chi connectivity index (χ3v) is 4.32. The van der Waals surface area contributed by atoms with Crippen LogP contribution < -0.4 is 5.32 Å². The average molecular weight is 329 g/mol. The highest BCUT2D eigenvalue weighted by molar-refractivity contribution is 5.96. The Morgan fingerprint density at radius 1 is 1.21 bits per heavy atom. The molecule has 24 heavy (non-hydrogen) atoms. The first-order chi connectivity index (χ1) is 11.6. The van der Waals surface area contributed by atoms with E-state index in [0.29, 0.717) is 23.6 Å². The second-order valence-corrected chi connectivity index (χ2v) is 6.04. The zero-order valence-corrected chi connectivity index (χ0v) is 14.2. The Kier molecular flexibility index (Phi) is 5.27. The Balaban J connectivity index is 1.66. The summed E-state index contributed by atoms with van der Waals surface area (Å²) in [7, 11) is 0. The van der Waals surface area contributed by atoms with Crippen LogP contribution in [0.5, 0.6) is 0 Å². The maximum absolute atomic E-state index is 12.4. The molecule has 1 aromatic carbocycles. The molecule has 6 heteroatoms. The van der Waals surface area contributed by atoms with Crippen molar-refractivity contribution in [3.8, 4) is 0 Å². The molecule has 1 N–H and O–H groups in total. The van der Waals surface area contributed by atoms with Gasteiger partial charge in [-0.25, -0.2) is 0 Å². The Labute approximate surface area is 141 Å². The van der Waals surface area contributed by atoms with Crippen LogP contribution in [0.15, 0.2) is 28.8 Å². The number of morpholine rings is 1. The van der Waals surface area contributed by atoms with Gasteiger partial charge in [-0.2, -0.15) is 0 Å². The summed E-state index contributed by atoms with van der Waals surface area (Å²) in [6.45, 7) is 8.35. The van der Waals surface area contributed by atoms with E-state index in [1.54, 1.807) is 13.8 Å². The van der Waals surface area contributed by atoms with Crippen molar-refractivity contribution in [1.29, 1.82) is 0 Å². The number of carbonyl (C=O) groups is 1. The maximum atomic E-state index is 12.4. The van der Waals surface area contributed by atoms with Gasteiger partial charge in [0.05, 0.1) is 18.9 Å². The number of carbonyl (C=O) groups excluding carboxylic acids is 1. The maximum Gasteiger partial charge on any atom is 0.257 e. The second-order valence-electron chi connectivity index (χ2n) is 6.04. The van der Waals surface area contributed by atoms with E-state index in [4.69, 9.17) is 9.26 Å². The highest BCUT2D eigenvalue weighted by Gasteiger charge is 2.18. The minimum atomic E-state index is -0.146. The van der Waals surface area contributed by atoms with E-state index in [2.05, 4.69) is 27.5 Å². The first kappa shape index (κ1) is 16.7. The Morgan fingerprint density at radius 3 is 2.58 bits per heavy atom. The summed E-state index contributed by atoms with van der Waals surface area (Å²) >= 11 is 0. The van der Waals surface area contributed by atoms with Crippen LogP contribution in [0.2, 0.25) is 0 Å². The average Bonchev–Trinajstić information content (AvgIpc) is 2.93. The number of benzene rings is 1. The molecule has 0 radical (unpaired) electrons. The third kappa shape index (κ3) is 3.83. The molecule has 0 aliphatic carbocycles. The largest absolute Gasteiger partial charge is 0.379 e. The first-order valence-electron chi connectivity index (χ1n) is 8.23. The van der Waals surface area contributed by atoms with Crippen molar-refractivity contribution < 1.29 is 14.1 Å². The van der Waals surface area contributed by atoms with E-state index in [9.17, 15) is 4.79 Å². The molecule has 1 aliphatic heterocycles. The van der Waals surface area contributed by atoms with Crippen LogP contribution in [0.25, 0.3) is 0 Å². The molecule has 128 valence electrons. The summed E-state index contributed by atoms with van der Waals surface area (Å²) in [5.41, 5.74) is 3.51. The number of nitrogens with zero attached hydrogens (tertiary/aromatic N) is 2. The number of aryl methyl sites for hydroxylation is 2. The molecule has 1 aromatic heterocycles. The van der Waals surface area contributed by atoms with Gasteiger partial charge in [-0.15, -0.1) is 0 Å². The van der Waals surface area contributed by atoms with Gasteiger partial charge in [-0.05, 0) is 25.0 Å². The van der Waals surface area contributed by atoms with E-state index in [0.717, 1.165) is 38.4 Å². The number of aromatic nitrogens is 1. The first-order valence-corrected chi connectivity index (χ1v) is 8.23. The molecule has 2 heterocycles. The van der Waals surface area contributed by atoms with Crippen molar-refractivity contribution in [1.82, 2.24) is 15.4 Å². The lowest BCUT2D eigenvalue weighted by Gasteiger charge is -2.27. The number of hydrogen-bond donors (Lipinski definition) is 1. The van der Waals surface area contributed by atoms with Gasteiger partial charge in [0, 0.05) is 26.2 Å². The predicted octanol–water partition coefficient (Wildman–Crippen LogP) is 2.05. The molecule has 0 spiro atoms. The lowest BCUT2D eigenvalue weighted by Crippen LogP contribution is -2.36. The lowest BCUT2D eigenvalue weighted by atomic mass is 10.1. The van der Waals surface area contributed by atoms with Gasteiger partial charge >= 0.3 is 0 Å². The van der Waals surface area contributed by atoms with Crippen molar-refractivity contribution >= 4 is 5.91 Å². The lowest BCUT2D eigenvalue weighted by molar-refractivity contribution is 0.0340. The van der Waals surface area contributed by atoms with Gasteiger partial charge in [0.25, 0.3) is 5.91 Å². The van der Waals surface area contributed by atoms with E-state index in [1.807, 2.05) is 12.1 Å². The molecular formula is C18H23N3O3. The summed E-state index contributed by atoms with van der Waals surface area (Å²) in [6, 6.07) is 8.21. The fraction of sp³-hybridized carbons (Fsp3) is 0.444. The molecule has 1 saturated heterocycles. The quantitative estimate of drug-likeness (QED) is 0.909.